The molecule has 1 heterocycles. The van der Waals surface area contributed by atoms with Gasteiger partial charge in [-0.15, -0.1) is 0 Å². The van der Waals surface area contributed by atoms with Gasteiger partial charge in [-0.25, -0.2) is 12.8 Å². The zero-order valence-electron chi connectivity index (χ0n) is 14.8. The maximum atomic E-state index is 13.1. The van der Waals surface area contributed by atoms with Crippen molar-refractivity contribution in [2.24, 2.45) is 0 Å². The molecule has 3 nitrogen and oxygen atoms in total. The normalized spacial score (nSPS) is 11.8. The van der Waals surface area contributed by atoms with Gasteiger partial charge in [-0.1, -0.05) is 60.1 Å². The van der Waals surface area contributed by atoms with Crippen molar-refractivity contribution in [2.45, 2.75) is 17.2 Å². The van der Waals surface area contributed by atoms with Gasteiger partial charge in [0.1, 0.15) is 5.82 Å². The highest BCUT2D eigenvalue weighted by atomic mass is 35.5. The average molecular weight is 414 g/mol. The lowest BCUT2D eigenvalue weighted by molar-refractivity contribution is 0.595. The molecule has 4 rings (SSSR count). The molecule has 0 spiro atoms. The number of halogens is 2. The zero-order chi connectivity index (χ0) is 19.7. The molecule has 0 N–H and O–H groups in total. The Morgan fingerprint density at radius 1 is 0.893 bits per heavy atom. The Labute approximate surface area is 167 Å². The lowest BCUT2D eigenvalue weighted by Crippen LogP contribution is -2.05. The number of sulfone groups is 1. The quantitative estimate of drug-likeness (QED) is 0.436. The minimum atomic E-state index is -3.61. The fourth-order valence-corrected chi connectivity index (χ4v) is 5.06. The van der Waals surface area contributed by atoms with Crippen LogP contribution in [0.5, 0.6) is 0 Å². The van der Waals surface area contributed by atoms with E-state index >= 15 is 0 Å². The summed E-state index contributed by atoms with van der Waals surface area (Å²) < 4.78 is 41.2. The van der Waals surface area contributed by atoms with Crippen molar-refractivity contribution in [2.75, 3.05) is 0 Å². The molecule has 0 unspecified atom stereocenters. The molecule has 0 saturated carbocycles. The molecular weight excluding hydrogens is 397 g/mol. The van der Waals surface area contributed by atoms with Crippen molar-refractivity contribution in [3.8, 4) is 0 Å². The Morgan fingerprint density at radius 2 is 1.57 bits per heavy atom. The van der Waals surface area contributed by atoms with E-state index in [9.17, 15) is 12.8 Å². The van der Waals surface area contributed by atoms with E-state index in [-0.39, 0.29) is 10.6 Å². The monoisotopic (exact) mass is 413 g/mol. The van der Waals surface area contributed by atoms with Gasteiger partial charge in [0.2, 0.25) is 0 Å². The van der Waals surface area contributed by atoms with Gasteiger partial charge >= 0.3 is 0 Å². The Hall–Kier alpha value is -2.63. The molecule has 0 saturated heterocycles. The van der Waals surface area contributed by atoms with Crippen LogP contribution in [0.4, 0.5) is 4.39 Å². The van der Waals surface area contributed by atoms with Gasteiger partial charge in [0.25, 0.3) is 0 Å². The molecule has 4 aromatic rings. The van der Waals surface area contributed by atoms with Crippen molar-refractivity contribution in [3.05, 3.63) is 101 Å². The van der Waals surface area contributed by atoms with Crippen LogP contribution in [0.3, 0.4) is 0 Å². The van der Waals surface area contributed by atoms with Crippen molar-refractivity contribution in [3.63, 3.8) is 0 Å². The molecule has 28 heavy (non-hydrogen) atoms. The Morgan fingerprint density at radius 3 is 2.32 bits per heavy atom. The van der Waals surface area contributed by atoms with Gasteiger partial charge in [-0.05, 0) is 35.4 Å². The van der Waals surface area contributed by atoms with Gasteiger partial charge < -0.3 is 4.57 Å². The van der Waals surface area contributed by atoms with Crippen molar-refractivity contribution in [1.82, 2.24) is 4.57 Å². The van der Waals surface area contributed by atoms with Crippen LogP contribution in [-0.2, 0) is 22.1 Å². The second-order valence-electron chi connectivity index (χ2n) is 6.62. The predicted molar refractivity (Wildman–Crippen MR) is 110 cm³/mol. The summed E-state index contributed by atoms with van der Waals surface area (Å²) in [6, 6.07) is 20.4. The van der Waals surface area contributed by atoms with Crippen LogP contribution in [0.25, 0.3) is 10.9 Å². The van der Waals surface area contributed by atoms with Crippen LogP contribution in [0, 0.1) is 5.82 Å². The van der Waals surface area contributed by atoms with Crippen LogP contribution in [-0.4, -0.2) is 13.0 Å². The molecule has 6 heteroatoms. The maximum absolute atomic E-state index is 13.1. The number of rotatable bonds is 5. The van der Waals surface area contributed by atoms with E-state index in [0.29, 0.717) is 22.5 Å². The number of aromatic nitrogens is 1. The zero-order valence-corrected chi connectivity index (χ0v) is 16.4. The Balaban J connectivity index is 1.77. The molecule has 0 bridgehead atoms. The van der Waals surface area contributed by atoms with E-state index in [4.69, 9.17) is 11.6 Å². The topological polar surface area (TPSA) is 39.1 Å². The second kappa shape index (κ2) is 7.41. The minimum absolute atomic E-state index is 0.187. The average Bonchev–Trinajstić information content (AvgIpc) is 3.05. The first-order valence-corrected chi connectivity index (χ1v) is 10.8. The number of nitrogens with zero attached hydrogens (tertiary/aromatic N) is 1. The predicted octanol–water partition coefficient (Wildman–Crippen LogP) is 5.46. The Kier molecular flexibility index (Phi) is 4.96. The third-order valence-electron chi connectivity index (χ3n) is 4.66. The lowest BCUT2D eigenvalue weighted by Gasteiger charge is -2.07. The van der Waals surface area contributed by atoms with Crippen LogP contribution >= 0.6 is 11.6 Å². The fourth-order valence-electron chi connectivity index (χ4n) is 3.28. The Bertz CT molecular complexity index is 1250. The van der Waals surface area contributed by atoms with Crippen molar-refractivity contribution < 1.29 is 12.8 Å². The molecule has 0 aliphatic heterocycles. The summed E-state index contributed by atoms with van der Waals surface area (Å²) in [7, 11) is -3.61. The summed E-state index contributed by atoms with van der Waals surface area (Å²) in [5.41, 5.74) is 2.27. The van der Waals surface area contributed by atoms with Crippen molar-refractivity contribution >= 4 is 32.3 Å². The van der Waals surface area contributed by atoms with Gasteiger partial charge in [-0.3, -0.25) is 0 Å². The number of hydrogen-bond acceptors (Lipinski definition) is 2. The molecule has 142 valence electrons. The van der Waals surface area contributed by atoms with Gasteiger partial charge in [0.05, 0.1) is 10.6 Å². The standard InChI is InChI=1S/C22H17ClFNO2S/c23-20-7-3-1-5-17(20)13-25-14-22(19-6-2-4-8-21(19)25)28(26,27)15-16-9-11-18(24)12-10-16/h1-12,14H,13,15H2. The largest absolute Gasteiger partial charge is 0.342 e. The number of para-hydroxylation sites is 1. The lowest BCUT2D eigenvalue weighted by atomic mass is 10.2. The smallest absolute Gasteiger partial charge is 0.184 e. The van der Waals surface area contributed by atoms with Crippen LogP contribution in [0.2, 0.25) is 5.02 Å². The van der Waals surface area contributed by atoms with Crippen LogP contribution in [0.15, 0.2) is 83.9 Å². The molecule has 0 atom stereocenters. The van der Waals surface area contributed by atoms with Crippen LogP contribution < -0.4 is 0 Å². The SMILES string of the molecule is O=S(=O)(Cc1ccc(F)cc1)c1cn(Cc2ccccc2Cl)c2ccccc12. The molecule has 0 aliphatic rings. The number of benzene rings is 3. The second-order valence-corrected chi connectivity index (χ2v) is 8.98. The first-order chi connectivity index (χ1) is 13.4. The maximum Gasteiger partial charge on any atom is 0.184 e. The fraction of sp³-hybridized carbons (Fsp3) is 0.0909. The summed E-state index contributed by atoms with van der Waals surface area (Å²) in [4.78, 5) is 0.263. The molecular formula is C22H17ClFNO2S. The molecule has 1 aromatic heterocycles. The number of fused-ring (bicyclic) bond motifs is 1. The molecule has 0 radical (unpaired) electrons. The highest BCUT2D eigenvalue weighted by Gasteiger charge is 2.22. The van der Waals surface area contributed by atoms with E-state index in [0.717, 1.165) is 11.1 Å². The summed E-state index contributed by atoms with van der Waals surface area (Å²) >= 11 is 6.28. The summed E-state index contributed by atoms with van der Waals surface area (Å²) in [5, 5.41) is 1.30. The van der Waals surface area contributed by atoms with Crippen molar-refractivity contribution in [1.29, 1.82) is 0 Å². The first kappa shape index (κ1) is 18.7. The highest BCUT2D eigenvalue weighted by Crippen LogP contribution is 2.29. The molecule has 0 aliphatic carbocycles. The van der Waals surface area contributed by atoms with E-state index < -0.39 is 15.7 Å². The third-order valence-corrected chi connectivity index (χ3v) is 6.73. The summed E-state index contributed by atoms with van der Waals surface area (Å²) in [6.07, 6.45) is 1.66. The molecule has 0 amide bonds. The van der Waals surface area contributed by atoms with E-state index in [1.165, 1.54) is 24.3 Å². The first-order valence-electron chi connectivity index (χ1n) is 8.72. The molecule has 3 aromatic carbocycles. The number of hydrogen-bond donors (Lipinski definition) is 0. The van der Waals surface area contributed by atoms with E-state index in [1.54, 1.807) is 12.3 Å². The minimum Gasteiger partial charge on any atom is -0.342 e. The summed E-state index contributed by atoms with van der Waals surface area (Å²) in [6.45, 7) is 0.465. The summed E-state index contributed by atoms with van der Waals surface area (Å²) in [5.74, 6) is -0.578. The van der Waals surface area contributed by atoms with E-state index in [1.807, 2.05) is 47.0 Å². The van der Waals surface area contributed by atoms with Gasteiger partial charge in [-0.2, -0.15) is 0 Å². The highest BCUT2D eigenvalue weighted by molar-refractivity contribution is 7.90. The van der Waals surface area contributed by atoms with Crippen LogP contribution in [0.1, 0.15) is 11.1 Å². The van der Waals surface area contributed by atoms with Gasteiger partial charge in [0.15, 0.2) is 9.84 Å². The van der Waals surface area contributed by atoms with E-state index in [2.05, 4.69) is 0 Å². The van der Waals surface area contributed by atoms with Gasteiger partial charge in [0, 0.05) is 28.7 Å². The third kappa shape index (κ3) is 3.68. The molecule has 0 fully saturated rings.